The second kappa shape index (κ2) is 26.4. The molecule has 0 spiro atoms. The van der Waals surface area contributed by atoms with Crippen molar-refractivity contribution in [1.82, 2.24) is 0 Å². The molecule has 13 nitrogen and oxygen atoms in total. The molecule has 4 radical (unpaired) electrons. The van der Waals surface area contributed by atoms with Crippen molar-refractivity contribution in [3.63, 3.8) is 0 Å². The third-order valence-corrected chi connectivity index (χ3v) is 6.34. The number of aliphatic hydroxyl groups excluding tert-OH is 3. The van der Waals surface area contributed by atoms with E-state index in [4.69, 9.17) is 46.0 Å². The Balaban J connectivity index is 0.000000699. The van der Waals surface area contributed by atoms with Gasteiger partial charge in [-0.25, -0.2) is 0 Å². The number of nitrogens with zero attached hydrogens (tertiary/aromatic N) is 2. The molecule has 0 heterocycles. The predicted molar refractivity (Wildman–Crippen MR) is 193 cm³/mol. The van der Waals surface area contributed by atoms with Crippen molar-refractivity contribution in [2.75, 3.05) is 13.1 Å². The molecule has 0 bridgehead atoms. The number of phenolic OH excluding ortho intramolecular Hbond substituents is 5. The Morgan fingerprint density at radius 1 is 0.385 bits per heavy atom. The van der Waals surface area contributed by atoms with E-state index in [2.05, 4.69) is 9.98 Å². The summed E-state index contributed by atoms with van der Waals surface area (Å²) in [6, 6.07) is 32.3. The van der Waals surface area contributed by atoms with E-state index in [0.29, 0.717) is 24.2 Å². The van der Waals surface area contributed by atoms with Gasteiger partial charge < -0.3 is 56.2 Å². The van der Waals surface area contributed by atoms with Crippen LogP contribution < -0.4 is 0 Å². The number of hydrogen-bond acceptors (Lipinski definition) is 13. The van der Waals surface area contributed by atoms with E-state index in [-0.39, 0.29) is 88.7 Å². The van der Waals surface area contributed by atoms with E-state index in [9.17, 15) is 10.2 Å². The number of aliphatic hydroxyl groups is 6. The molecule has 0 aliphatic rings. The molecule has 0 aromatic heterocycles. The fourth-order valence-corrected chi connectivity index (χ4v) is 3.75. The maximum absolute atomic E-state index is 9.54. The van der Waals surface area contributed by atoms with Crippen LogP contribution in [0.5, 0.6) is 28.7 Å². The molecule has 0 saturated carbocycles. The monoisotopic (exact) mass is 960 g/mol. The molecule has 0 aliphatic heterocycles. The van der Waals surface area contributed by atoms with Crippen LogP contribution in [0.4, 0.5) is 0 Å². The summed E-state index contributed by atoms with van der Waals surface area (Å²) in [7, 11) is 0. The van der Waals surface area contributed by atoms with Crippen molar-refractivity contribution >= 4 is 38.6 Å². The standard InChI is InChI=1S/C16H16N2O2.3C7H8O3.Bi.Cu/c19-15-7-3-1-5-13(15)11-17-9-10-18-12-14-6-2-4-8-16(14)20;3*8-6-4-2-1-3-5(6)7(9)10;;/h1-8,11-12,19-20H,9-10H2;3*1-4,7-10H;;. The van der Waals surface area contributed by atoms with Crippen molar-refractivity contribution in [2.45, 2.75) is 18.9 Å². The molecule has 0 amide bonds. The van der Waals surface area contributed by atoms with Crippen LogP contribution in [0.15, 0.2) is 131 Å². The molecule has 280 valence electrons. The van der Waals surface area contributed by atoms with E-state index in [1.165, 1.54) is 36.4 Å². The van der Waals surface area contributed by atoms with E-state index in [0.717, 1.165) is 0 Å². The smallest absolute Gasteiger partial charge is 0.182 e. The molecule has 0 saturated heterocycles. The molecular weight excluding hydrogens is 921 g/mol. The molecule has 11 N–H and O–H groups in total. The molecule has 5 aromatic rings. The minimum atomic E-state index is -1.60. The summed E-state index contributed by atoms with van der Waals surface area (Å²) in [5.41, 5.74) is 1.77. The van der Waals surface area contributed by atoms with Crippen LogP contribution in [0.1, 0.15) is 46.7 Å². The van der Waals surface area contributed by atoms with Crippen molar-refractivity contribution < 1.29 is 73.2 Å². The van der Waals surface area contributed by atoms with E-state index < -0.39 is 18.9 Å². The SMILES string of the molecule is Oc1ccccc1C(O)O.Oc1ccccc1C(O)O.Oc1ccccc1C(O)O.Oc1ccccc1C=NCCN=Cc1ccccc1O.[Bi].[Cu]. The van der Waals surface area contributed by atoms with Gasteiger partial charge in [0.15, 0.2) is 18.9 Å². The van der Waals surface area contributed by atoms with Gasteiger partial charge in [-0.2, -0.15) is 0 Å². The van der Waals surface area contributed by atoms with Gasteiger partial charge in [-0.05, 0) is 42.5 Å². The zero-order valence-electron chi connectivity index (χ0n) is 27.4. The minimum absolute atomic E-state index is 0. The maximum atomic E-state index is 9.54. The Morgan fingerprint density at radius 2 is 0.615 bits per heavy atom. The quantitative estimate of drug-likeness (QED) is 0.0466. The third-order valence-electron chi connectivity index (χ3n) is 6.34. The summed E-state index contributed by atoms with van der Waals surface area (Å²) in [6.45, 7) is 1.05. The summed E-state index contributed by atoms with van der Waals surface area (Å²) in [5, 5.41) is 97.6. The summed E-state index contributed by atoms with van der Waals surface area (Å²) in [4.78, 5) is 8.39. The Labute approximate surface area is 330 Å². The molecule has 0 atom stereocenters. The van der Waals surface area contributed by atoms with Crippen LogP contribution in [0, 0.1) is 0 Å². The first kappa shape index (κ1) is 47.6. The van der Waals surface area contributed by atoms with Gasteiger partial charge in [0.25, 0.3) is 0 Å². The summed E-state index contributed by atoms with van der Waals surface area (Å²) in [5.74, 6) is 0.135. The molecule has 0 fully saturated rings. The van der Waals surface area contributed by atoms with Gasteiger partial charge >= 0.3 is 0 Å². The maximum Gasteiger partial charge on any atom is 0.182 e. The van der Waals surface area contributed by atoms with E-state index >= 15 is 0 Å². The van der Waals surface area contributed by atoms with Gasteiger partial charge in [0.05, 0.1) is 13.1 Å². The average Bonchev–Trinajstić information content (AvgIpc) is 3.09. The van der Waals surface area contributed by atoms with Crippen molar-refractivity contribution in [1.29, 1.82) is 0 Å². The van der Waals surface area contributed by atoms with Gasteiger partial charge in [0, 0.05) is 83.5 Å². The second-order valence-corrected chi connectivity index (χ2v) is 9.99. The molecule has 52 heavy (non-hydrogen) atoms. The van der Waals surface area contributed by atoms with Gasteiger partial charge in [-0.1, -0.05) is 78.9 Å². The Hall–Kier alpha value is -4.40. The molecule has 5 aromatic carbocycles. The summed E-state index contributed by atoms with van der Waals surface area (Å²) < 4.78 is 0. The normalized spacial score (nSPS) is 10.3. The fourth-order valence-electron chi connectivity index (χ4n) is 3.75. The van der Waals surface area contributed by atoms with Crippen LogP contribution in [-0.2, 0) is 17.1 Å². The number of benzene rings is 5. The third kappa shape index (κ3) is 17.7. The van der Waals surface area contributed by atoms with E-state index in [1.54, 1.807) is 85.2 Å². The second-order valence-electron chi connectivity index (χ2n) is 9.99. The molecule has 5 rings (SSSR count). The Kier molecular flexibility index (Phi) is 24.2. The Bertz CT molecular complexity index is 1620. The number of aliphatic imine (C=N–C) groups is 2. The van der Waals surface area contributed by atoms with Crippen molar-refractivity contribution in [2.24, 2.45) is 9.98 Å². The Morgan fingerprint density at radius 3 is 0.827 bits per heavy atom. The number of rotatable bonds is 8. The van der Waals surface area contributed by atoms with E-state index in [1.807, 2.05) is 12.1 Å². The first-order valence-electron chi connectivity index (χ1n) is 14.9. The van der Waals surface area contributed by atoms with Crippen LogP contribution in [0.25, 0.3) is 0 Å². The van der Waals surface area contributed by atoms with Crippen LogP contribution >= 0.6 is 0 Å². The van der Waals surface area contributed by atoms with Crippen molar-refractivity contribution in [3.8, 4) is 28.7 Å². The predicted octanol–water partition coefficient (Wildman–Crippen LogP) is 3.38. The average molecular weight is 961 g/mol. The number of aromatic hydroxyl groups is 5. The van der Waals surface area contributed by atoms with Crippen LogP contribution in [0.2, 0.25) is 0 Å². The topological polar surface area (TPSA) is 247 Å². The zero-order chi connectivity index (χ0) is 36.9. The van der Waals surface area contributed by atoms with Gasteiger partial charge in [0.1, 0.15) is 28.7 Å². The minimum Gasteiger partial charge on any atom is -0.507 e. The molecular formula is C37H40BiCuN2O11. The summed E-state index contributed by atoms with van der Waals surface area (Å²) in [6.07, 6.45) is -1.53. The summed E-state index contributed by atoms with van der Waals surface area (Å²) >= 11 is 0. The van der Waals surface area contributed by atoms with Gasteiger partial charge in [0.2, 0.25) is 0 Å². The zero-order valence-corrected chi connectivity index (χ0v) is 31.8. The van der Waals surface area contributed by atoms with Gasteiger partial charge in [-0.15, -0.1) is 0 Å². The van der Waals surface area contributed by atoms with Crippen LogP contribution in [-0.4, -0.2) is 108 Å². The number of para-hydroxylation sites is 5. The first-order chi connectivity index (χ1) is 23.9. The van der Waals surface area contributed by atoms with Crippen molar-refractivity contribution in [3.05, 3.63) is 149 Å². The molecule has 0 unspecified atom stereocenters. The molecule has 0 aliphatic carbocycles. The largest absolute Gasteiger partial charge is 0.507 e. The first-order valence-corrected chi connectivity index (χ1v) is 14.9. The molecule has 15 heteroatoms. The number of hydrogen-bond donors (Lipinski definition) is 11. The fraction of sp³-hybridized carbons (Fsp3) is 0.135. The van der Waals surface area contributed by atoms with Gasteiger partial charge in [-0.3, -0.25) is 9.98 Å². The number of phenols is 5. The van der Waals surface area contributed by atoms with Crippen LogP contribution in [0.3, 0.4) is 0 Å².